The predicted molar refractivity (Wildman–Crippen MR) is 186 cm³/mol. The first kappa shape index (κ1) is 38.3. The first-order valence-electron chi connectivity index (χ1n) is 15.3. The Morgan fingerprint density at radius 3 is 0.965 bits per heavy atom. The van der Waals surface area contributed by atoms with Crippen molar-refractivity contribution in [2.75, 3.05) is 0 Å². The average molecular weight is 885 g/mol. The molecular weight excluding hydrogens is 873 g/mol. The minimum absolute atomic E-state index is 0. The van der Waals surface area contributed by atoms with Crippen molar-refractivity contribution >= 4 is 84.6 Å². The van der Waals surface area contributed by atoms with Crippen molar-refractivity contribution < 1.29 is 69.0 Å². The first-order chi connectivity index (χ1) is 26.2. The standard InChI is InChI=1S/C32H16N8O12S4.Fe/c41-53(42,43)13-1-5-17-21(9-13)29-33-25(17)37-30-22-10-14(54(44,45)46)2-6-18(22)27(34-30)39-32-24-12-16(56(50,51)52)4-8-20(24)28(36-32)40-31-23-11-15(55(47,48)49)3-7-19(23)26(35-31)38-29;/h1-12H,(H4-2,33,34,35,36,37,38,39,40,41,42,43,44,45,46,47,48,49,50,51,52);/q-2;+3/p-4. The van der Waals surface area contributed by atoms with E-state index in [1.165, 1.54) is 24.3 Å². The Bertz CT molecular complexity index is 3380. The fraction of sp³-hybridized carbons (Fsp3) is 0. The predicted octanol–water partition coefficient (Wildman–Crippen LogP) is 1.74. The van der Waals surface area contributed by atoms with E-state index in [2.05, 4.69) is 39.9 Å². The second-order valence-electron chi connectivity index (χ2n) is 12.1. The number of rotatable bonds is 4. The molecule has 4 aromatic carbocycles. The van der Waals surface area contributed by atoms with Crippen molar-refractivity contribution in [2.24, 2.45) is 0 Å². The molecule has 57 heavy (non-hydrogen) atoms. The Balaban J connectivity index is 0.00000455. The third kappa shape index (κ3) is 6.54. The molecule has 2 aliphatic heterocycles. The van der Waals surface area contributed by atoms with Crippen LogP contribution in [0.2, 0.25) is 0 Å². The summed E-state index contributed by atoms with van der Waals surface area (Å²) >= 11 is 0. The van der Waals surface area contributed by atoms with Crippen molar-refractivity contribution in [1.29, 1.82) is 0 Å². The minimum Gasteiger partial charge on any atom is -0.744 e. The monoisotopic (exact) mass is 884 g/mol. The van der Waals surface area contributed by atoms with Crippen LogP contribution in [0.3, 0.4) is 0 Å². The molecule has 7 aromatic rings. The quantitative estimate of drug-likeness (QED) is 0.179. The van der Waals surface area contributed by atoms with Crippen molar-refractivity contribution in [2.45, 2.75) is 19.6 Å². The Kier molecular flexibility index (Phi) is 8.53. The summed E-state index contributed by atoms with van der Waals surface area (Å²) in [6.07, 6.45) is 0. The van der Waals surface area contributed by atoms with Gasteiger partial charge in [0.15, 0.2) is 0 Å². The van der Waals surface area contributed by atoms with Crippen LogP contribution < -0.4 is 9.97 Å². The number of hydrogen-bond acceptors (Lipinski definition) is 18. The molecule has 3 aromatic heterocycles. The zero-order valence-corrected chi connectivity index (χ0v) is 31.8. The van der Waals surface area contributed by atoms with Gasteiger partial charge >= 0.3 is 17.1 Å². The molecule has 287 valence electrons. The molecule has 5 heterocycles. The van der Waals surface area contributed by atoms with Gasteiger partial charge in [0.25, 0.3) is 0 Å². The van der Waals surface area contributed by atoms with E-state index in [0.717, 1.165) is 48.5 Å². The molecule has 0 unspecified atom stereocenters. The molecule has 0 saturated heterocycles. The van der Waals surface area contributed by atoms with Crippen molar-refractivity contribution in [3.8, 4) is 45.6 Å². The summed E-state index contributed by atoms with van der Waals surface area (Å²) in [5, 5.41) is 0.169. The van der Waals surface area contributed by atoms with Crippen LogP contribution >= 0.6 is 0 Å². The van der Waals surface area contributed by atoms with E-state index in [-0.39, 0.29) is 107 Å². The van der Waals surface area contributed by atoms with Crippen LogP contribution in [0.1, 0.15) is 0 Å². The third-order valence-corrected chi connectivity index (χ3v) is 12.1. The van der Waals surface area contributed by atoms with E-state index in [1.807, 2.05) is 0 Å². The fourth-order valence-electron chi connectivity index (χ4n) is 6.20. The van der Waals surface area contributed by atoms with Gasteiger partial charge in [0.2, 0.25) is 0 Å². The largest absolute Gasteiger partial charge is 3.00 e. The molecule has 0 N–H and O–H groups in total. The molecule has 1 radical (unpaired) electrons. The molecule has 0 atom stereocenters. The number of aromatic nitrogens is 8. The van der Waals surface area contributed by atoms with E-state index < -0.39 is 60.1 Å². The molecule has 9 rings (SSSR count). The summed E-state index contributed by atoms with van der Waals surface area (Å²) in [6.45, 7) is 0. The summed E-state index contributed by atoms with van der Waals surface area (Å²) in [6, 6.07) is 12.8. The molecule has 0 saturated carbocycles. The van der Waals surface area contributed by atoms with E-state index in [4.69, 9.17) is 0 Å². The van der Waals surface area contributed by atoms with Gasteiger partial charge in [-0.15, -0.1) is 0 Å². The molecule has 2 aliphatic rings. The third-order valence-electron chi connectivity index (χ3n) is 8.74. The van der Waals surface area contributed by atoms with Gasteiger partial charge in [-0.25, -0.2) is 43.6 Å². The number of fused-ring (bicyclic) bond motifs is 20. The van der Waals surface area contributed by atoms with Gasteiger partial charge in [0.05, 0.1) is 42.9 Å². The Morgan fingerprint density at radius 1 is 0.351 bits per heavy atom. The summed E-state index contributed by atoms with van der Waals surface area (Å²) in [5.41, 5.74) is -0.712. The van der Waals surface area contributed by atoms with Gasteiger partial charge in [0.1, 0.15) is 40.5 Å². The average Bonchev–Trinajstić information content (AvgIpc) is 3.84. The zero-order chi connectivity index (χ0) is 39.7. The van der Waals surface area contributed by atoms with Gasteiger partial charge in [-0.2, -0.15) is 0 Å². The summed E-state index contributed by atoms with van der Waals surface area (Å²) in [4.78, 5) is 33.2. The van der Waals surface area contributed by atoms with Crippen molar-refractivity contribution in [1.82, 2.24) is 39.9 Å². The van der Waals surface area contributed by atoms with E-state index in [1.54, 1.807) is 0 Å². The maximum Gasteiger partial charge on any atom is 3.00 e. The van der Waals surface area contributed by atoms with Crippen LogP contribution in [0.4, 0.5) is 0 Å². The van der Waals surface area contributed by atoms with Gasteiger partial charge < -0.3 is 48.1 Å². The Labute approximate surface area is 329 Å². The molecule has 0 amide bonds. The smallest absolute Gasteiger partial charge is 0.744 e. The second-order valence-corrected chi connectivity index (χ2v) is 17.6. The summed E-state index contributed by atoms with van der Waals surface area (Å²) in [5.74, 6) is -0.882. The van der Waals surface area contributed by atoms with E-state index in [9.17, 15) is 51.9 Å². The van der Waals surface area contributed by atoms with Gasteiger partial charge in [-0.3, -0.25) is 0 Å². The fourth-order valence-corrected chi connectivity index (χ4v) is 8.19. The van der Waals surface area contributed by atoms with E-state index >= 15 is 0 Å². The molecule has 8 bridgehead atoms. The van der Waals surface area contributed by atoms with Gasteiger partial charge in [-0.1, -0.05) is 24.3 Å². The molecule has 20 nitrogen and oxygen atoms in total. The maximum atomic E-state index is 12.0. The molecule has 0 spiro atoms. The van der Waals surface area contributed by atoms with Crippen molar-refractivity contribution in [3.63, 3.8) is 0 Å². The second kappa shape index (κ2) is 12.7. The van der Waals surface area contributed by atoms with Crippen LogP contribution in [-0.4, -0.2) is 81.8 Å². The number of nitrogens with zero attached hydrogens (tertiary/aromatic N) is 8. The van der Waals surface area contributed by atoms with Crippen LogP contribution in [0.25, 0.3) is 89.7 Å². The summed E-state index contributed by atoms with van der Waals surface area (Å²) in [7, 11) is -20.1. The number of hydrogen-bond donors (Lipinski definition) is 0. The molecule has 0 fully saturated rings. The normalized spacial score (nSPS) is 13.0. The van der Waals surface area contributed by atoms with Gasteiger partial charge in [-0.05, 0) is 70.1 Å². The molecule has 25 heteroatoms. The molecule has 0 aliphatic carbocycles. The van der Waals surface area contributed by atoms with Crippen molar-refractivity contribution in [3.05, 3.63) is 72.8 Å². The molecular formula is C32H12FeN8O12S4-3. The topological polar surface area (TPSA) is 334 Å². The maximum absolute atomic E-state index is 12.0. The van der Waals surface area contributed by atoms with Crippen LogP contribution in [0, 0.1) is 0 Å². The number of benzene rings is 4. The van der Waals surface area contributed by atoms with Crippen LogP contribution in [0.15, 0.2) is 92.4 Å². The SMILES string of the molecule is O=S(=O)([O-])c1ccc2c(c1)-c1nc-2nc2[n-]c(nc3nc(nc4[n-]c(n1)c1ccc(S(=O)(=O)[O-])cc41)-c1ccc(S(=O)(=O)[O-])cc1-3)c1ccc(S(=O)(=O)[O-])cc21.[Fe+3]. The Morgan fingerprint density at radius 2 is 0.632 bits per heavy atom. The summed E-state index contributed by atoms with van der Waals surface area (Å²) < 4.78 is 145. The Hall–Kier alpha value is -5.60. The minimum atomic E-state index is -5.02. The van der Waals surface area contributed by atoms with Gasteiger partial charge in [0, 0.05) is 44.8 Å². The van der Waals surface area contributed by atoms with Crippen LogP contribution in [-0.2, 0) is 57.5 Å². The van der Waals surface area contributed by atoms with E-state index in [0.29, 0.717) is 0 Å². The van der Waals surface area contributed by atoms with Crippen LogP contribution in [0.5, 0.6) is 0 Å². The first-order valence-corrected chi connectivity index (χ1v) is 21.0. The zero-order valence-electron chi connectivity index (χ0n) is 27.4.